The number of rotatable bonds is 6. The lowest BCUT2D eigenvalue weighted by atomic mass is 9.98. The van der Waals surface area contributed by atoms with Gasteiger partial charge >= 0.3 is 0 Å². The van der Waals surface area contributed by atoms with Crippen LogP contribution in [-0.4, -0.2) is 60.9 Å². The fourth-order valence-corrected chi connectivity index (χ4v) is 5.48. The van der Waals surface area contributed by atoms with Crippen molar-refractivity contribution in [3.05, 3.63) is 82.3 Å². The third-order valence-electron chi connectivity index (χ3n) is 7.37. The van der Waals surface area contributed by atoms with Crippen LogP contribution in [0.2, 0.25) is 5.02 Å². The lowest BCUT2D eigenvalue weighted by Crippen LogP contribution is -2.42. The molecule has 0 radical (unpaired) electrons. The second-order valence-electron chi connectivity index (χ2n) is 10.1. The maximum absolute atomic E-state index is 14.5. The van der Waals surface area contributed by atoms with E-state index in [1.54, 1.807) is 21.8 Å². The summed E-state index contributed by atoms with van der Waals surface area (Å²) in [6.45, 7) is 4.45. The fraction of sp³-hybridized carbons (Fsp3) is 0.357. The highest BCUT2D eigenvalue weighted by molar-refractivity contribution is 6.30. The summed E-state index contributed by atoms with van der Waals surface area (Å²) in [7, 11) is 1.81. The normalized spacial score (nSPS) is 16.8. The third-order valence-corrected chi connectivity index (χ3v) is 7.68. The van der Waals surface area contributed by atoms with Crippen molar-refractivity contribution < 1.29 is 13.9 Å². The predicted molar refractivity (Wildman–Crippen MR) is 145 cm³/mol. The van der Waals surface area contributed by atoms with Gasteiger partial charge in [0.15, 0.2) is 0 Å². The molecule has 1 atom stereocenters. The first-order chi connectivity index (χ1) is 18.9. The van der Waals surface area contributed by atoms with Gasteiger partial charge in [0.2, 0.25) is 5.95 Å². The number of hydrogen-bond donors (Lipinski definition) is 1. The molecule has 0 aliphatic carbocycles. The molecule has 2 aliphatic rings. The Hall–Kier alpha value is -3.76. The number of nitrogens with one attached hydrogen (secondary N) is 1. The Kier molecular flexibility index (Phi) is 6.82. The van der Waals surface area contributed by atoms with Crippen LogP contribution in [0.25, 0.3) is 11.3 Å². The summed E-state index contributed by atoms with van der Waals surface area (Å²) in [5.74, 6) is -0.104. The van der Waals surface area contributed by atoms with Crippen LogP contribution in [0.1, 0.15) is 46.1 Å². The molecule has 202 valence electrons. The Morgan fingerprint density at radius 1 is 1.13 bits per heavy atom. The molecule has 5 heterocycles. The molecule has 0 spiro atoms. The molecule has 2 aliphatic heterocycles. The molecule has 11 heteroatoms. The second-order valence-corrected chi connectivity index (χ2v) is 10.5. The van der Waals surface area contributed by atoms with Crippen molar-refractivity contribution in [2.45, 2.75) is 38.4 Å². The molecule has 0 saturated carbocycles. The van der Waals surface area contributed by atoms with Gasteiger partial charge in [-0.1, -0.05) is 17.7 Å². The van der Waals surface area contributed by atoms with Crippen LogP contribution in [-0.2, 0) is 18.3 Å². The molecule has 1 aromatic carbocycles. The summed E-state index contributed by atoms with van der Waals surface area (Å²) in [4.78, 5) is 25.0. The zero-order valence-corrected chi connectivity index (χ0v) is 22.5. The Morgan fingerprint density at radius 3 is 2.69 bits per heavy atom. The first kappa shape index (κ1) is 25.5. The SMILES string of the molecule is Cc1cnc(NC2CCOCC2)nc1-c1cc2n(c1)CCN([C@H](c1ccc(Cl)c(F)c1)c1cnn(C)c1)C2=O. The van der Waals surface area contributed by atoms with Gasteiger partial charge in [0.25, 0.3) is 5.91 Å². The van der Waals surface area contributed by atoms with Crippen LogP contribution < -0.4 is 5.32 Å². The van der Waals surface area contributed by atoms with Gasteiger partial charge in [0.1, 0.15) is 11.5 Å². The average molecular weight is 550 g/mol. The van der Waals surface area contributed by atoms with E-state index < -0.39 is 11.9 Å². The minimum Gasteiger partial charge on any atom is -0.381 e. The first-order valence-corrected chi connectivity index (χ1v) is 13.4. The number of amides is 1. The van der Waals surface area contributed by atoms with E-state index in [-0.39, 0.29) is 17.0 Å². The number of halogens is 2. The minimum atomic E-state index is -0.525. The number of nitrogens with zero attached hydrogens (tertiary/aromatic N) is 6. The highest BCUT2D eigenvalue weighted by Gasteiger charge is 2.34. The van der Waals surface area contributed by atoms with E-state index in [4.69, 9.17) is 21.3 Å². The molecule has 3 aromatic heterocycles. The minimum absolute atomic E-state index is 0.0399. The van der Waals surface area contributed by atoms with Gasteiger partial charge in [0, 0.05) is 69.1 Å². The Bertz CT molecular complexity index is 1530. The van der Waals surface area contributed by atoms with E-state index in [1.165, 1.54) is 12.1 Å². The number of anilines is 1. The maximum Gasteiger partial charge on any atom is 0.271 e. The van der Waals surface area contributed by atoms with Crippen LogP contribution in [0, 0.1) is 12.7 Å². The zero-order valence-electron chi connectivity index (χ0n) is 21.8. The smallest absolute Gasteiger partial charge is 0.271 e. The lowest BCUT2D eigenvalue weighted by Gasteiger charge is -2.35. The number of hydrogen-bond acceptors (Lipinski definition) is 6. The van der Waals surface area contributed by atoms with Crippen LogP contribution in [0.5, 0.6) is 0 Å². The van der Waals surface area contributed by atoms with Crippen molar-refractivity contribution in [1.82, 2.24) is 29.2 Å². The van der Waals surface area contributed by atoms with Crippen molar-refractivity contribution in [3.8, 4) is 11.3 Å². The van der Waals surface area contributed by atoms with Crippen LogP contribution in [0.15, 0.2) is 49.1 Å². The van der Waals surface area contributed by atoms with E-state index >= 15 is 0 Å². The molecule has 9 nitrogen and oxygen atoms in total. The quantitative estimate of drug-likeness (QED) is 0.377. The molecule has 1 fully saturated rings. The maximum atomic E-state index is 14.5. The van der Waals surface area contributed by atoms with Gasteiger partial charge in [-0.05, 0) is 49.1 Å². The van der Waals surface area contributed by atoms with Crippen LogP contribution >= 0.6 is 11.6 Å². The molecular weight excluding hydrogens is 521 g/mol. The number of aromatic nitrogens is 5. The molecular formula is C28H29ClFN7O2. The Labute approximate surface area is 230 Å². The molecule has 0 unspecified atom stereocenters. The van der Waals surface area contributed by atoms with E-state index in [0.717, 1.165) is 48.4 Å². The first-order valence-electron chi connectivity index (χ1n) is 13.0. The molecule has 6 rings (SSSR count). The van der Waals surface area contributed by atoms with Gasteiger partial charge in [0.05, 0.1) is 23.0 Å². The molecule has 1 saturated heterocycles. The zero-order chi connectivity index (χ0) is 27.1. The van der Waals surface area contributed by atoms with Crippen molar-refractivity contribution in [2.24, 2.45) is 7.05 Å². The molecule has 4 aromatic rings. The van der Waals surface area contributed by atoms with E-state index in [2.05, 4.69) is 15.4 Å². The van der Waals surface area contributed by atoms with Gasteiger partial charge in [-0.25, -0.2) is 14.4 Å². The number of aryl methyl sites for hydroxylation is 2. The lowest BCUT2D eigenvalue weighted by molar-refractivity contribution is 0.0649. The second kappa shape index (κ2) is 10.4. The van der Waals surface area contributed by atoms with Gasteiger partial charge in [-0.15, -0.1) is 0 Å². The average Bonchev–Trinajstić information content (AvgIpc) is 3.56. The summed E-state index contributed by atoms with van der Waals surface area (Å²) in [6, 6.07) is 6.31. The van der Waals surface area contributed by atoms with Crippen molar-refractivity contribution >= 4 is 23.5 Å². The molecule has 0 bridgehead atoms. The standard InChI is InChI=1S/C28H29ClFN7O2/c1-17-13-31-28(33-21-5-9-39-10-6-21)34-25(17)19-12-24-27(38)37(8-7-36(24)16-19)26(20-14-32-35(2)15-20)18-3-4-22(29)23(30)11-18/h3-4,11-16,21,26H,5-10H2,1-2H3,(H,31,33,34)/t26-/m1/s1. The summed E-state index contributed by atoms with van der Waals surface area (Å²) in [5.41, 5.74) is 4.54. The highest BCUT2D eigenvalue weighted by Crippen LogP contribution is 2.35. The number of carbonyl (C=O) groups excluding carboxylic acids is 1. The van der Waals surface area contributed by atoms with E-state index in [0.29, 0.717) is 30.3 Å². The summed E-state index contributed by atoms with van der Waals surface area (Å²) < 4.78 is 23.6. The fourth-order valence-electron chi connectivity index (χ4n) is 5.36. The summed E-state index contributed by atoms with van der Waals surface area (Å²) >= 11 is 5.96. The number of carbonyl (C=O) groups is 1. The summed E-state index contributed by atoms with van der Waals surface area (Å²) in [6.07, 6.45) is 9.16. The van der Waals surface area contributed by atoms with Crippen molar-refractivity contribution in [3.63, 3.8) is 0 Å². The van der Waals surface area contributed by atoms with Crippen molar-refractivity contribution in [1.29, 1.82) is 0 Å². The number of ether oxygens (including phenoxy) is 1. The van der Waals surface area contributed by atoms with Crippen LogP contribution in [0.4, 0.5) is 10.3 Å². The largest absolute Gasteiger partial charge is 0.381 e. The number of benzene rings is 1. The highest BCUT2D eigenvalue weighted by atomic mass is 35.5. The van der Waals surface area contributed by atoms with Gasteiger partial charge < -0.3 is 19.5 Å². The van der Waals surface area contributed by atoms with E-state index in [1.807, 2.05) is 43.2 Å². The molecule has 1 N–H and O–H groups in total. The van der Waals surface area contributed by atoms with Crippen LogP contribution in [0.3, 0.4) is 0 Å². The van der Waals surface area contributed by atoms with Crippen molar-refractivity contribution in [2.75, 3.05) is 25.1 Å². The van der Waals surface area contributed by atoms with E-state index in [9.17, 15) is 9.18 Å². The van der Waals surface area contributed by atoms with Gasteiger partial charge in [-0.3, -0.25) is 9.48 Å². The summed E-state index contributed by atoms with van der Waals surface area (Å²) in [5, 5.41) is 7.76. The monoisotopic (exact) mass is 549 g/mol. The molecule has 39 heavy (non-hydrogen) atoms. The third kappa shape index (κ3) is 5.02. The Balaban J connectivity index is 1.32. The van der Waals surface area contributed by atoms with Gasteiger partial charge in [-0.2, -0.15) is 5.10 Å². The predicted octanol–water partition coefficient (Wildman–Crippen LogP) is 4.62. The topological polar surface area (TPSA) is 90.1 Å². The molecule has 1 amide bonds. The Morgan fingerprint density at radius 2 is 1.95 bits per heavy atom. The number of fused-ring (bicyclic) bond motifs is 1.